The van der Waals surface area contributed by atoms with E-state index in [0.717, 1.165) is 68.2 Å². The number of rotatable bonds is 13. The van der Waals surface area contributed by atoms with Crippen molar-refractivity contribution < 1.29 is 29.0 Å². The third-order valence-electron chi connectivity index (χ3n) is 9.54. The number of H-pyrrole nitrogens is 2. The van der Waals surface area contributed by atoms with E-state index < -0.39 is 24.6 Å². The average molecular weight is 739 g/mol. The molecule has 14 nitrogen and oxygen atoms in total. The predicted octanol–water partition coefficient (Wildman–Crippen LogP) is 5.25. The molecule has 0 aliphatic carbocycles. The Kier molecular flexibility index (Phi) is 11.6. The quantitative estimate of drug-likeness (QED) is 0.115. The van der Waals surface area contributed by atoms with Crippen LogP contribution in [0.5, 0.6) is 0 Å². The number of hydrogen-bond donors (Lipinski definition) is 5. The van der Waals surface area contributed by atoms with Crippen molar-refractivity contribution in [1.29, 1.82) is 0 Å². The number of nitrogens with one attached hydrogen (secondary N) is 4. The van der Waals surface area contributed by atoms with Gasteiger partial charge in [0, 0.05) is 30.0 Å². The van der Waals surface area contributed by atoms with E-state index in [9.17, 15) is 19.5 Å². The second-order valence-electron chi connectivity index (χ2n) is 13.1. The topological polar surface area (TPSA) is 178 Å². The number of carbonyl (C=O) groups excluding carboxylic acids is 3. The number of thiophene rings is 2. The molecule has 2 aliphatic rings. The molecule has 2 saturated heterocycles. The minimum absolute atomic E-state index is 0.0768. The predicted molar refractivity (Wildman–Crippen MR) is 195 cm³/mol. The molecule has 0 bridgehead atoms. The molecule has 5 N–H and O–H groups in total. The number of aliphatic hydroxyl groups is 1. The van der Waals surface area contributed by atoms with Gasteiger partial charge in [-0.2, -0.15) is 0 Å². The fraction of sp³-hybridized carbons (Fsp3) is 0.514. The van der Waals surface area contributed by atoms with Crippen molar-refractivity contribution >= 4 is 40.6 Å². The highest BCUT2D eigenvalue weighted by Gasteiger charge is 2.38. The number of aromatic nitrogens is 4. The third kappa shape index (κ3) is 7.89. The van der Waals surface area contributed by atoms with E-state index in [1.807, 2.05) is 43.0 Å². The van der Waals surface area contributed by atoms with Gasteiger partial charge >= 0.3 is 6.09 Å². The number of nitrogens with zero attached hydrogens (tertiary/aromatic N) is 4. The molecule has 51 heavy (non-hydrogen) atoms. The first-order valence-electron chi connectivity index (χ1n) is 17.3. The van der Waals surface area contributed by atoms with Gasteiger partial charge in [0.15, 0.2) is 0 Å². The molecule has 0 spiro atoms. The Morgan fingerprint density at radius 1 is 0.882 bits per heavy atom. The van der Waals surface area contributed by atoms with Gasteiger partial charge in [-0.25, -0.2) is 14.8 Å². The van der Waals surface area contributed by atoms with Gasteiger partial charge in [0.05, 0.1) is 58.8 Å². The third-order valence-corrected chi connectivity index (χ3v) is 12.0. The van der Waals surface area contributed by atoms with Crippen LogP contribution in [0.15, 0.2) is 36.7 Å². The van der Waals surface area contributed by atoms with Gasteiger partial charge in [-0.15, -0.1) is 22.7 Å². The number of imidazole rings is 2. The highest BCUT2D eigenvalue weighted by molar-refractivity contribution is 7.25. The molecular formula is C35H46N8O6S2. The van der Waals surface area contributed by atoms with Crippen LogP contribution in [0, 0.1) is 5.92 Å². The van der Waals surface area contributed by atoms with Gasteiger partial charge in [-0.05, 0) is 62.3 Å². The van der Waals surface area contributed by atoms with Crippen LogP contribution in [0.4, 0.5) is 4.79 Å². The lowest BCUT2D eigenvalue weighted by molar-refractivity contribution is -0.143. The minimum Gasteiger partial charge on any atom is -0.453 e. The van der Waals surface area contributed by atoms with E-state index in [1.54, 1.807) is 22.7 Å². The van der Waals surface area contributed by atoms with Crippen LogP contribution in [0.2, 0.25) is 0 Å². The first-order valence-corrected chi connectivity index (χ1v) is 19.0. The van der Waals surface area contributed by atoms with E-state index in [0.29, 0.717) is 19.5 Å². The number of methoxy groups -OCH3 is 2. The Bertz CT molecular complexity index is 1820. The summed E-state index contributed by atoms with van der Waals surface area (Å²) in [5.74, 6) is 1.17. The largest absolute Gasteiger partial charge is 0.453 e. The zero-order valence-corrected chi connectivity index (χ0v) is 31.1. The van der Waals surface area contributed by atoms with E-state index in [2.05, 4.69) is 54.8 Å². The normalized spacial score (nSPS) is 19.4. The second kappa shape index (κ2) is 16.1. The summed E-state index contributed by atoms with van der Waals surface area (Å²) < 4.78 is 9.65. The van der Waals surface area contributed by atoms with E-state index in [1.165, 1.54) is 14.2 Å². The molecule has 2 aliphatic heterocycles. The van der Waals surface area contributed by atoms with Gasteiger partial charge < -0.3 is 39.7 Å². The maximum Gasteiger partial charge on any atom is 0.407 e. The lowest BCUT2D eigenvalue weighted by Gasteiger charge is -2.30. The summed E-state index contributed by atoms with van der Waals surface area (Å²) >= 11 is 3.33. The molecule has 6 rings (SSSR count). The lowest BCUT2D eigenvalue weighted by atomic mass is 10.0. The summed E-state index contributed by atoms with van der Waals surface area (Å²) in [7, 11) is 2.67. The van der Waals surface area contributed by atoms with Gasteiger partial charge in [0.1, 0.15) is 17.7 Å². The Balaban J connectivity index is 1.13. The summed E-state index contributed by atoms with van der Waals surface area (Å²) in [6, 6.07) is 6.76. The zero-order chi connectivity index (χ0) is 36.2. The summed E-state index contributed by atoms with van der Waals surface area (Å²) in [4.78, 5) is 63.1. The molecule has 2 fully saturated rings. The molecule has 274 valence electrons. The Hall–Kier alpha value is -4.09. The van der Waals surface area contributed by atoms with E-state index >= 15 is 0 Å². The standard InChI is InChI=1S/C35H46N8O6S2/c1-6-20(40-34(46)48-4)32(44)42-15-7-9-23(42)30-36-17-21(38-30)25-11-13-27(50-25)28-14-12-26(51-28)22-18-37-31(39-22)24-10-8-16-43(24)33(45)29(19(2)3)41-35(47)49-5/h11-14,17-20,23-24,29,34,40,46H,6-10,15-16H2,1-5H3,(H,36,38)(H,37,39)(H,41,47). The Morgan fingerprint density at radius 2 is 1.39 bits per heavy atom. The fourth-order valence-corrected chi connectivity index (χ4v) is 8.84. The molecule has 4 aromatic heterocycles. The maximum atomic E-state index is 13.5. The summed E-state index contributed by atoms with van der Waals surface area (Å²) in [6.07, 6.45) is 5.66. The monoisotopic (exact) mass is 738 g/mol. The van der Waals surface area contributed by atoms with Crippen molar-refractivity contribution in [1.82, 2.24) is 40.4 Å². The number of amides is 3. The SMILES string of the molecule is CCC(NC(O)OC)C(=O)N1CCCC1c1ncc(-c2ccc(-c3ccc(-c4cnc(C5CCCN5C(=O)C(NC(=O)OC)C(C)C)[nH]4)s3)s2)[nH]1. The minimum atomic E-state index is -1.21. The molecule has 4 aromatic rings. The molecule has 16 heteroatoms. The lowest BCUT2D eigenvalue weighted by Crippen LogP contribution is -2.51. The smallest absolute Gasteiger partial charge is 0.407 e. The molecular weight excluding hydrogens is 693 g/mol. The van der Waals surface area contributed by atoms with Crippen LogP contribution in [0.1, 0.15) is 76.6 Å². The van der Waals surface area contributed by atoms with Crippen LogP contribution in [0.25, 0.3) is 30.9 Å². The summed E-state index contributed by atoms with van der Waals surface area (Å²) in [6.45, 7) is 6.93. The number of aliphatic hydroxyl groups excluding tert-OH is 1. The van der Waals surface area contributed by atoms with E-state index in [-0.39, 0.29) is 29.8 Å². The van der Waals surface area contributed by atoms with Gasteiger partial charge in [0.25, 0.3) is 0 Å². The van der Waals surface area contributed by atoms with Crippen molar-refractivity contribution in [2.24, 2.45) is 5.92 Å². The molecule has 5 unspecified atom stereocenters. The highest BCUT2D eigenvalue weighted by Crippen LogP contribution is 2.41. The maximum absolute atomic E-state index is 13.5. The number of ether oxygens (including phenoxy) is 2. The van der Waals surface area contributed by atoms with Crippen LogP contribution in [0.3, 0.4) is 0 Å². The first-order chi connectivity index (χ1) is 24.6. The molecule has 0 saturated carbocycles. The van der Waals surface area contributed by atoms with Crippen molar-refractivity contribution in [2.45, 2.75) is 83.5 Å². The second-order valence-corrected chi connectivity index (χ2v) is 15.3. The number of hydrogen-bond acceptors (Lipinski definition) is 11. The van der Waals surface area contributed by atoms with Gasteiger partial charge in [-0.1, -0.05) is 20.8 Å². The Labute approximate surface area is 305 Å². The molecule has 5 atom stereocenters. The van der Waals surface area contributed by atoms with Crippen LogP contribution in [-0.2, 0) is 19.1 Å². The number of alkyl carbamates (subject to hydrolysis) is 1. The molecule has 6 heterocycles. The van der Waals surface area contributed by atoms with Gasteiger partial charge in [-0.3, -0.25) is 14.9 Å². The van der Waals surface area contributed by atoms with Gasteiger partial charge in [0.2, 0.25) is 18.2 Å². The number of aromatic amines is 2. The van der Waals surface area contributed by atoms with Crippen LogP contribution in [-0.4, -0.2) is 98.6 Å². The van der Waals surface area contributed by atoms with Crippen molar-refractivity contribution in [3.05, 3.63) is 48.3 Å². The number of carbonyl (C=O) groups is 3. The van der Waals surface area contributed by atoms with Crippen molar-refractivity contribution in [3.8, 4) is 30.9 Å². The fourth-order valence-electron chi connectivity index (χ4n) is 6.80. The highest BCUT2D eigenvalue weighted by atomic mass is 32.1. The first kappa shape index (κ1) is 36.7. The summed E-state index contributed by atoms with van der Waals surface area (Å²) in [5.41, 5.74) is 1.78. The molecule has 0 radical (unpaired) electrons. The van der Waals surface area contributed by atoms with Crippen molar-refractivity contribution in [2.75, 3.05) is 27.3 Å². The zero-order valence-electron chi connectivity index (χ0n) is 29.5. The molecule has 0 aromatic carbocycles. The number of likely N-dealkylation sites (tertiary alicyclic amines) is 2. The summed E-state index contributed by atoms with van der Waals surface area (Å²) in [5, 5.41) is 15.4. The van der Waals surface area contributed by atoms with Crippen LogP contribution < -0.4 is 10.6 Å². The van der Waals surface area contributed by atoms with Crippen molar-refractivity contribution in [3.63, 3.8) is 0 Å². The average Bonchev–Trinajstić information content (AvgIpc) is 3.98. The van der Waals surface area contributed by atoms with Crippen LogP contribution >= 0.6 is 22.7 Å². The Morgan fingerprint density at radius 3 is 1.86 bits per heavy atom. The molecule has 3 amide bonds. The van der Waals surface area contributed by atoms with E-state index in [4.69, 9.17) is 9.47 Å².